The molecule has 0 spiro atoms. The minimum atomic E-state index is -4.84. The molecule has 0 amide bonds. The Balaban J connectivity index is 2.12. The van der Waals surface area contributed by atoms with Gasteiger partial charge in [-0.25, -0.2) is 12.8 Å². The predicted octanol–water partition coefficient (Wildman–Crippen LogP) is 4.32. The molecule has 2 aromatic carbocycles. The molecule has 0 radical (unpaired) electrons. The average Bonchev–Trinajstić information content (AvgIpc) is 2.43. The van der Waals surface area contributed by atoms with Crippen LogP contribution in [0.15, 0.2) is 42.5 Å². The van der Waals surface area contributed by atoms with Crippen LogP contribution >= 0.6 is 11.6 Å². The Labute approximate surface area is 140 Å². The van der Waals surface area contributed by atoms with E-state index >= 15 is 0 Å². The Hall–Kier alpha value is -2.00. The van der Waals surface area contributed by atoms with Gasteiger partial charge < -0.3 is 4.74 Å². The summed E-state index contributed by atoms with van der Waals surface area (Å²) in [6.45, 7) is 0. The molecule has 0 aliphatic carbocycles. The van der Waals surface area contributed by atoms with Crippen molar-refractivity contribution < 1.29 is 30.7 Å². The Morgan fingerprint density at radius 3 is 2.25 bits per heavy atom. The highest BCUT2D eigenvalue weighted by atomic mass is 35.5. The van der Waals surface area contributed by atoms with Crippen molar-refractivity contribution in [1.29, 1.82) is 0 Å². The Morgan fingerprint density at radius 2 is 1.71 bits per heavy atom. The lowest BCUT2D eigenvalue weighted by molar-refractivity contribution is -0.274. The number of nitrogens with one attached hydrogen (secondary N) is 1. The number of benzene rings is 2. The lowest BCUT2D eigenvalue weighted by Crippen LogP contribution is -2.17. The minimum absolute atomic E-state index is 0.00279. The molecular formula is C14H10ClF4NO3S. The van der Waals surface area contributed by atoms with E-state index < -0.39 is 33.7 Å². The molecule has 2 rings (SSSR count). The van der Waals surface area contributed by atoms with Gasteiger partial charge in [0, 0.05) is 16.3 Å². The second kappa shape index (κ2) is 6.86. The van der Waals surface area contributed by atoms with Gasteiger partial charge in [0.05, 0.1) is 5.75 Å². The van der Waals surface area contributed by atoms with E-state index in [9.17, 15) is 26.0 Å². The van der Waals surface area contributed by atoms with E-state index in [1.165, 1.54) is 12.1 Å². The van der Waals surface area contributed by atoms with E-state index in [0.29, 0.717) is 0 Å². The number of hydrogen-bond donors (Lipinski definition) is 1. The third-order valence-corrected chi connectivity index (χ3v) is 4.33. The zero-order chi connectivity index (χ0) is 18.0. The monoisotopic (exact) mass is 383 g/mol. The summed E-state index contributed by atoms with van der Waals surface area (Å²) in [5, 5.41) is -0.0469. The zero-order valence-corrected chi connectivity index (χ0v) is 13.3. The zero-order valence-electron chi connectivity index (χ0n) is 11.8. The molecule has 2 aromatic rings. The predicted molar refractivity (Wildman–Crippen MR) is 80.8 cm³/mol. The number of sulfonamides is 1. The van der Waals surface area contributed by atoms with Gasteiger partial charge in [-0.2, -0.15) is 0 Å². The third-order valence-electron chi connectivity index (χ3n) is 2.76. The second-order valence-electron chi connectivity index (χ2n) is 4.63. The van der Waals surface area contributed by atoms with Gasteiger partial charge in [0.1, 0.15) is 11.6 Å². The van der Waals surface area contributed by atoms with Crippen molar-refractivity contribution in [2.75, 3.05) is 4.72 Å². The van der Waals surface area contributed by atoms with Crippen LogP contribution in [0.4, 0.5) is 23.2 Å². The molecule has 0 bridgehead atoms. The van der Waals surface area contributed by atoms with Crippen molar-refractivity contribution in [3.05, 3.63) is 58.9 Å². The maximum atomic E-state index is 13.6. The smallest absolute Gasteiger partial charge is 0.406 e. The van der Waals surface area contributed by atoms with Crippen molar-refractivity contribution in [2.45, 2.75) is 12.1 Å². The summed E-state index contributed by atoms with van der Waals surface area (Å²) in [5.41, 5.74) is -0.208. The molecule has 0 heterocycles. The summed E-state index contributed by atoms with van der Waals surface area (Å²) < 4.78 is 79.6. The highest BCUT2D eigenvalue weighted by Crippen LogP contribution is 2.25. The molecule has 0 aromatic heterocycles. The molecule has 0 fully saturated rings. The number of hydrogen-bond acceptors (Lipinski definition) is 3. The standard InChI is InChI=1S/C14H10ClF4NO3S/c15-12-2-1-3-13(16)11(12)8-24(21,22)20-9-4-6-10(7-5-9)23-14(17,18)19/h1-7,20H,8H2. The Morgan fingerprint density at radius 1 is 1.08 bits per heavy atom. The molecular weight excluding hydrogens is 374 g/mol. The normalized spacial score (nSPS) is 12.0. The van der Waals surface area contributed by atoms with Crippen LogP contribution in [0.25, 0.3) is 0 Å². The van der Waals surface area contributed by atoms with Gasteiger partial charge in [-0.05, 0) is 36.4 Å². The second-order valence-corrected chi connectivity index (χ2v) is 6.76. The van der Waals surface area contributed by atoms with Gasteiger partial charge in [-0.3, -0.25) is 4.72 Å². The first-order valence-electron chi connectivity index (χ1n) is 6.35. The van der Waals surface area contributed by atoms with E-state index in [2.05, 4.69) is 9.46 Å². The number of rotatable bonds is 5. The first kappa shape index (κ1) is 18.3. The molecule has 10 heteroatoms. The van der Waals surface area contributed by atoms with E-state index in [0.717, 1.165) is 30.3 Å². The first-order chi connectivity index (χ1) is 11.1. The maximum Gasteiger partial charge on any atom is 0.573 e. The lowest BCUT2D eigenvalue weighted by atomic mass is 10.2. The summed E-state index contributed by atoms with van der Waals surface area (Å²) in [6, 6.07) is 7.81. The number of halogens is 5. The third kappa shape index (κ3) is 5.27. The van der Waals surface area contributed by atoms with Crippen LogP contribution in [0.2, 0.25) is 5.02 Å². The lowest BCUT2D eigenvalue weighted by Gasteiger charge is -2.11. The first-order valence-corrected chi connectivity index (χ1v) is 8.38. The summed E-state index contributed by atoms with van der Waals surface area (Å²) >= 11 is 5.77. The molecule has 0 saturated carbocycles. The fourth-order valence-electron chi connectivity index (χ4n) is 1.80. The van der Waals surface area contributed by atoms with Crippen LogP contribution in [-0.4, -0.2) is 14.8 Å². The topological polar surface area (TPSA) is 55.4 Å². The molecule has 0 atom stereocenters. The molecule has 0 unspecified atom stereocenters. The van der Waals surface area contributed by atoms with E-state index in [4.69, 9.17) is 11.6 Å². The van der Waals surface area contributed by atoms with Crippen LogP contribution in [0, 0.1) is 5.82 Å². The average molecular weight is 384 g/mol. The van der Waals surface area contributed by atoms with Crippen LogP contribution in [0.1, 0.15) is 5.56 Å². The summed E-state index contributed by atoms with van der Waals surface area (Å²) in [5.74, 6) is -2.00. The van der Waals surface area contributed by atoms with Crippen molar-refractivity contribution in [3.8, 4) is 5.75 Å². The molecule has 4 nitrogen and oxygen atoms in total. The van der Waals surface area contributed by atoms with Crippen molar-refractivity contribution in [1.82, 2.24) is 0 Å². The Kier molecular flexibility index (Phi) is 5.24. The fraction of sp³-hybridized carbons (Fsp3) is 0.143. The van der Waals surface area contributed by atoms with Gasteiger partial charge in [-0.1, -0.05) is 17.7 Å². The molecule has 0 saturated heterocycles. The molecule has 0 aliphatic heterocycles. The molecule has 1 N–H and O–H groups in total. The van der Waals surface area contributed by atoms with E-state index in [1.807, 2.05) is 0 Å². The van der Waals surface area contributed by atoms with Crippen molar-refractivity contribution in [2.24, 2.45) is 0 Å². The van der Waals surface area contributed by atoms with Gasteiger partial charge in [0.25, 0.3) is 0 Å². The maximum absolute atomic E-state index is 13.6. The summed E-state index contributed by atoms with van der Waals surface area (Å²) in [4.78, 5) is 0. The number of alkyl halides is 3. The minimum Gasteiger partial charge on any atom is -0.406 e. The highest BCUT2D eigenvalue weighted by molar-refractivity contribution is 7.91. The van der Waals surface area contributed by atoms with E-state index in [1.54, 1.807) is 0 Å². The van der Waals surface area contributed by atoms with Gasteiger partial charge in [0.2, 0.25) is 10.0 Å². The van der Waals surface area contributed by atoms with Gasteiger partial charge >= 0.3 is 6.36 Å². The largest absolute Gasteiger partial charge is 0.573 e. The quantitative estimate of drug-likeness (QED) is 0.782. The van der Waals surface area contributed by atoms with Crippen LogP contribution in [0.3, 0.4) is 0 Å². The Bertz CT molecular complexity index is 803. The highest BCUT2D eigenvalue weighted by Gasteiger charge is 2.31. The van der Waals surface area contributed by atoms with Gasteiger partial charge in [-0.15, -0.1) is 13.2 Å². The summed E-state index contributed by atoms with van der Waals surface area (Å²) in [6.07, 6.45) is -4.84. The SMILES string of the molecule is O=S(=O)(Cc1c(F)cccc1Cl)Nc1ccc(OC(F)(F)F)cc1. The molecule has 0 aliphatic rings. The van der Waals surface area contributed by atoms with Crippen LogP contribution in [-0.2, 0) is 15.8 Å². The summed E-state index contributed by atoms with van der Waals surface area (Å²) in [7, 11) is -4.02. The van der Waals surface area contributed by atoms with Crippen molar-refractivity contribution in [3.63, 3.8) is 0 Å². The molecule has 130 valence electrons. The number of anilines is 1. The van der Waals surface area contributed by atoms with Gasteiger partial charge in [0.15, 0.2) is 0 Å². The van der Waals surface area contributed by atoms with Crippen LogP contribution < -0.4 is 9.46 Å². The van der Waals surface area contributed by atoms with E-state index in [-0.39, 0.29) is 16.3 Å². The van der Waals surface area contributed by atoms with Crippen molar-refractivity contribution >= 4 is 27.3 Å². The fourth-order valence-corrected chi connectivity index (χ4v) is 3.35. The molecule has 24 heavy (non-hydrogen) atoms. The number of ether oxygens (including phenoxy) is 1. The van der Waals surface area contributed by atoms with Crippen LogP contribution in [0.5, 0.6) is 5.75 Å².